The van der Waals surface area contributed by atoms with Crippen LogP contribution >= 0.6 is 11.6 Å². The molecule has 3 rings (SSSR count). The number of benzene rings is 1. The second-order valence-electron chi connectivity index (χ2n) is 7.75. The first-order valence-electron chi connectivity index (χ1n) is 9.31. The molecule has 1 N–H and O–H groups in total. The van der Waals surface area contributed by atoms with Gasteiger partial charge in [-0.15, -0.1) is 0 Å². The van der Waals surface area contributed by atoms with Crippen LogP contribution in [0.1, 0.15) is 40.0 Å². The second-order valence-corrected chi connectivity index (χ2v) is 9.93. The topological polar surface area (TPSA) is 98.0 Å². The summed E-state index contributed by atoms with van der Waals surface area (Å²) >= 11 is 5.91. The summed E-state index contributed by atoms with van der Waals surface area (Å²) < 4.78 is 47.8. The minimum atomic E-state index is -3.66. The van der Waals surface area contributed by atoms with Crippen LogP contribution < -0.4 is 4.72 Å². The highest BCUT2D eigenvalue weighted by Crippen LogP contribution is 2.38. The fourth-order valence-electron chi connectivity index (χ4n) is 2.74. The fraction of sp³-hybridized carbons (Fsp3) is 0.350. The summed E-state index contributed by atoms with van der Waals surface area (Å²) in [4.78, 5) is 12.5. The summed E-state index contributed by atoms with van der Waals surface area (Å²) in [6.07, 6.45) is 1.87. The van der Waals surface area contributed by atoms with Crippen molar-refractivity contribution >= 4 is 27.3 Å². The smallest absolute Gasteiger partial charge is 0.232 e. The maximum atomic E-state index is 15.3. The fourth-order valence-corrected chi connectivity index (χ4v) is 4.02. The molecule has 160 valence electrons. The average molecular weight is 453 g/mol. The van der Waals surface area contributed by atoms with Crippen molar-refractivity contribution in [2.24, 2.45) is 0 Å². The zero-order valence-electron chi connectivity index (χ0n) is 17.0. The zero-order chi connectivity index (χ0) is 22.1. The van der Waals surface area contributed by atoms with Crippen molar-refractivity contribution in [2.75, 3.05) is 10.5 Å². The van der Waals surface area contributed by atoms with Crippen molar-refractivity contribution in [1.29, 1.82) is 0 Å². The number of anilines is 1. The number of oxazole rings is 1. The molecule has 0 unspecified atom stereocenters. The van der Waals surface area contributed by atoms with E-state index in [-0.39, 0.29) is 33.7 Å². The van der Waals surface area contributed by atoms with Crippen LogP contribution in [0, 0.1) is 5.82 Å². The predicted molar refractivity (Wildman–Crippen MR) is 114 cm³/mol. The number of hydrogen-bond acceptors (Lipinski definition) is 6. The molecular formula is C20H22ClFN4O3S. The van der Waals surface area contributed by atoms with E-state index in [9.17, 15) is 8.42 Å². The molecule has 3 aromatic rings. The molecule has 0 spiro atoms. The molecule has 0 bridgehead atoms. The molecule has 0 aliphatic heterocycles. The Morgan fingerprint density at radius 1 is 1.20 bits per heavy atom. The second kappa shape index (κ2) is 8.31. The van der Waals surface area contributed by atoms with E-state index in [4.69, 9.17) is 16.0 Å². The summed E-state index contributed by atoms with van der Waals surface area (Å²) in [7, 11) is -3.66. The van der Waals surface area contributed by atoms with Gasteiger partial charge >= 0.3 is 0 Å². The monoisotopic (exact) mass is 452 g/mol. The summed E-state index contributed by atoms with van der Waals surface area (Å²) in [5.41, 5.74) is -0.00242. The van der Waals surface area contributed by atoms with E-state index in [1.807, 2.05) is 20.8 Å². The van der Waals surface area contributed by atoms with Gasteiger partial charge in [0.1, 0.15) is 11.4 Å². The number of rotatable bonds is 6. The third-order valence-electron chi connectivity index (χ3n) is 4.12. The third kappa shape index (κ3) is 4.79. The van der Waals surface area contributed by atoms with Crippen molar-refractivity contribution in [3.05, 3.63) is 47.5 Å². The van der Waals surface area contributed by atoms with E-state index >= 15 is 4.39 Å². The van der Waals surface area contributed by atoms with Gasteiger partial charge in [0.05, 0.1) is 11.4 Å². The Labute approximate surface area is 179 Å². The molecule has 0 saturated heterocycles. The lowest BCUT2D eigenvalue weighted by Gasteiger charge is -2.12. The van der Waals surface area contributed by atoms with Crippen molar-refractivity contribution in [3.8, 4) is 22.7 Å². The zero-order valence-corrected chi connectivity index (χ0v) is 18.6. The maximum absolute atomic E-state index is 15.3. The van der Waals surface area contributed by atoms with Crippen molar-refractivity contribution in [2.45, 2.75) is 39.5 Å². The van der Waals surface area contributed by atoms with E-state index in [1.165, 1.54) is 18.3 Å². The van der Waals surface area contributed by atoms with Gasteiger partial charge < -0.3 is 4.42 Å². The van der Waals surface area contributed by atoms with Crippen molar-refractivity contribution in [3.63, 3.8) is 0 Å². The van der Waals surface area contributed by atoms with Gasteiger partial charge in [0.2, 0.25) is 21.2 Å². The Morgan fingerprint density at radius 2 is 1.93 bits per heavy atom. The highest BCUT2D eigenvalue weighted by atomic mass is 35.5. The molecule has 10 heteroatoms. The van der Waals surface area contributed by atoms with Gasteiger partial charge in [-0.2, -0.15) is 0 Å². The first-order chi connectivity index (χ1) is 14.0. The van der Waals surface area contributed by atoms with Crippen LogP contribution in [0.2, 0.25) is 5.28 Å². The minimum Gasteiger partial charge on any atom is -0.438 e. The van der Waals surface area contributed by atoms with Gasteiger partial charge in [0.25, 0.3) is 0 Å². The molecule has 0 saturated carbocycles. The molecule has 2 heterocycles. The first kappa shape index (κ1) is 22.2. The van der Waals surface area contributed by atoms with E-state index in [1.54, 1.807) is 19.1 Å². The van der Waals surface area contributed by atoms with Gasteiger partial charge in [-0.25, -0.2) is 27.8 Å². The van der Waals surface area contributed by atoms with E-state index in [0.29, 0.717) is 18.0 Å². The average Bonchev–Trinajstić information content (AvgIpc) is 3.09. The molecule has 2 aromatic heterocycles. The van der Waals surface area contributed by atoms with Crippen LogP contribution in [0.3, 0.4) is 0 Å². The summed E-state index contributed by atoms with van der Waals surface area (Å²) in [6, 6.07) is 5.99. The molecular weight excluding hydrogens is 431 g/mol. The Balaban J connectivity index is 2.18. The highest BCUT2D eigenvalue weighted by molar-refractivity contribution is 7.92. The molecule has 7 nitrogen and oxygen atoms in total. The number of halogens is 2. The number of aromatic nitrogens is 3. The lowest BCUT2D eigenvalue weighted by molar-refractivity contribution is 0.398. The third-order valence-corrected chi connectivity index (χ3v) is 5.78. The van der Waals surface area contributed by atoms with E-state index in [0.717, 1.165) is 0 Å². The Bertz CT molecular complexity index is 1170. The Hall–Kier alpha value is -2.52. The van der Waals surface area contributed by atoms with Gasteiger partial charge in [0.15, 0.2) is 11.6 Å². The molecule has 0 atom stereocenters. The normalized spacial score (nSPS) is 12.2. The minimum absolute atomic E-state index is 0.00806. The van der Waals surface area contributed by atoms with Crippen LogP contribution in [-0.4, -0.2) is 29.1 Å². The van der Waals surface area contributed by atoms with Crippen LogP contribution in [0.5, 0.6) is 0 Å². The molecule has 30 heavy (non-hydrogen) atoms. The number of hydrogen-bond donors (Lipinski definition) is 1. The molecule has 0 aliphatic rings. The predicted octanol–water partition coefficient (Wildman–Crippen LogP) is 5.04. The van der Waals surface area contributed by atoms with E-state index in [2.05, 4.69) is 19.7 Å². The van der Waals surface area contributed by atoms with Crippen LogP contribution in [0.4, 0.5) is 10.1 Å². The summed E-state index contributed by atoms with van der Waals surface area (Å²) in [5, 5.41) is 0.00806. The number of nitrogens with zero attached hydrogens (tertiary/aromatic N) is 3. The highest BCUT2D eigenvalue weighted by Gasteiger charge is 2.28. The van der Waals surface area contributed by atoms with Crippen LogP contribution in [-0.2, 0) is 15.4 Å². The summed E-state index contributed by atoms with van der Waals surface area (Å²) in [5.74, 6) is -0.276. The quantitative estimate of drug-likeness (QED) is 0.526. The molecule has 0 fully saturated rings. The SMILES string of the molecule is CCCS(=O)(=O)Nc1cccc(-c2nc(C(C)(C)C)oc2-c2ccnc(Cl)n2)c1F. The number of sulfonamides is 1. The largest absolute Gasteiger partial charge is 0.438 e. The summed E-state index contributed by atoms with van der Waals surface area (Å²) in [6.45, 7) is 7.45. The van der Waals surface area contributed by atoms with Gasteiger partial charge in [0, 0.05) is 17.2 Å². The van der Waals surface area contributed by atoms with E-state index < -0.39 is 21.3 Å². The molecule has 1 aromatic carbocycles. The molecule has 0 amide bonds. The van der Waals surface area contributed by atoms with Crippen LogP contribution in [0.25, 0.3) is 22.7 Å². The number of nitrogens with one attached hydrogen (secondary N) is 1. The Morgan fingerprint density at radius 3 is 2.57 bits per heavy atom. The van der Waals surface area contributed by atoms with Crippen molar-refractivity contribution < 1.29 is 17.2 Å². The van der Waals surface area contributed by atoms with Gasteiger partial charge in [-0.3, -0.25) is 4.72 Å². The molecule has 0 radical (unpaired) electrons. The van der Waals surface area contributed by atoms with Crippen molar-refractivity contribution in [1.82, 2.24) is 15.0 Å². The molecule has 0 aliphatic carbocycles. The first-order valence-corrected chi connectivity index (χ1v) is 11.3. The lowest BCUT2D eigenvalue weighted by Crippen LogP contribution is -2.17. The van der Waals surface area contributed by atoms with Crippen LogP contribution in [0.15, 0.2) is 34.9 Å². The van der Waals surface area contributed by atoms with Gasteiger partial charge in [-0.05, 0) is 36.2 Å². The standard InChI is InChI=1S/C20H22ClFN4O3S/c1-5-11-30(27,28)26-13-8-6-7-12(15(13)22)16-17(14-9-10-23-19(21)24-14)29-18(25-16)20(2,3)4/h6-10,26H,5,11H2,1-4H3. The van der Waals surface area contributed by atoms with Gasteiger partial charge in [-0.1, -0.05) is 33.8 Å². The lowest BCUT2D eigenvalue weighted by atomic mass is 9.97. The Kier molecular flexibility index (Phi) is 6.14. The maximum Gasteiger partial charge on any atom is 0.232 e.